The maximum absolute atomic E-state index is 12.5. The molecule has 146 valence electrons. The number of benzene rings is 2. The van der Waals surface area contributed by atoms with Gasteiger partial charge in [-0.1, -0.05) is 0 Å². The number of nitrogens with two attached hydrogens (primary N) is 1. The quantitative estimate of drug-likeness (QED) is 0.435. The van der Waals surface area contributed by atoms with Crippen molar-refractivity contribution < 1.29 is 27.4 Å². The monoisotopic (exact) mass is 383 g/mol. The molecule has 0 spiro atoms. The van der Waals surface area contributed by atoms with E-state index in [1.807, 2.05) is 0 Å². The van der Waals surface area contributed by atoms with Gasteiger partial charge in [0, 0.05) is 11.8 Å². The Morgan fingerprint density at radius 1 is 1.04 bits per heavy atom. The lowest BCUT2D eigenvalue weighted by molar-refractivity contribution is -0.137. The maximum atomic E-state index is 12.5. The summed E-state index contributed by atoms with van der Waals surface area (Å²) in [6.45, 7) is 0.396. The molecule has 0 radical (unpaired) electrons. The minimum absolute atomic E-state index is 0.165. The number of methoxy groups -OCH3 is 2. The lowest BCUT2D eigenvalue weighted by atomic mass is 10.2. The van der Waals surface area contributed by atoms with Crippen LogP contribution in [0.5, 0.6) is 17.2 Å². The largest absolute Gasteiger partial charge is 0.493 e. The average Bonchev–Trinajstić information content (AvgIpc) is 2.64. The third-order valence-corrected chi connectivity index (χ3v) is 3.48. The van der Waals surface area contributed by atoms with Crippen LogP contribution in [0.2, 0.25) is 0 Å². The van der Waals surface area contributed by atoms with Crippen molar-refractivity contribution in [2.24, 2.45) is 10.7 Å². The fourth-order valence-corrected chi connectivity index (χ4v) is 2.17. The Hall–Kier alpha value is -3.10. The molecule has 0 atom stereocenters. The van der Waals surface area contributed by atoms with Gasteiger partial charge in [-0.2, -0.15) is 13.2 Å². The van der Waals surface area contributed by atoms with Gasteiger partial charge in [-0.25, -0.2) is 4.99 Å². The number of aliphatic imine (C=N–C) groups is 1. The van der Waals surface area contributed by atoms with Crippen LogP contribution in [0.15, 0.2) is 47.5 Å². The van der Waals surface area contributed by atoms with Crippen molar-refractivity contribution in [2.45, 2.75) is 6.18 Å². The van der Waals surface area contributed by atoms with E-state index >= 15 is 0 Å². The van der Waals surface area contributed by atoms with Crippen molar-refractivity contribution in [3.05, 3.63) is 48.0 Å². The van der Waals surface area contributed by atoms with E-state index in [0.717, 1.165) is 12.1 Å². The van der Waals surface area contributed by atoms with Gasteiger partial charge in [0.2, 0.25) is 0 Å². The summed E-state index contributed by atoms with van der Waals surface area (Å²) in [7, 11) is 3.06. The number of alkyl halides is 3. The van der Waals surface area contributed by atoms with Crippen molar-refractivity contribution in [1.82, 2.24) is 0 Å². The van der Waals surface area contributed by atoms with E-state index in [9.17, 15) is 13.2 Å². The molecule has 0 aromatic heterocycles. The number of halogens is 3. The highest BCUT2D eigenvalue weighted by molar-refractivity contribution is 5.92. The zero-order valence-electron chi connectivity index (χ0n) is 14.8. The Morgan fingerprint density at radius 2 is 1.70 bits per heavy atom. The van der Waals surface area contributed by atoms with Gasteiger partial charge in [0.1, 0.15) is 12.4 Å². The molecular formula is C18H20F3N3O3. The number of anilines is 1. The molecule has 0 unspecified atom stereocenters. The Kier molecular flexibility index (Phi) is 6.75. The molecule has 0 fully saturated rings. The molecule has 27 heavy (non-hydrogen) atoms. The topological polar surface area (TPSA) is 78.1 Å². The molecular weight excluding hydrogens is 363 g/mol. The van der Waals surface area contributed by atoms with Crippen LogP contribution >= 0.6 is 0 Å². The molecule has 0 saturated heterocycles. The summed E-state index contributed by atoms with van der Waals surface area (Å²) in [5, 5.41) is 2.90. The summed E-state index contributed by atoms with van der Waals surface area (Å²) in [6, 6.07) is 9.64. The lowest BCUT2D eigenvalue weighted by Gasteiger charge is -2.11. The van der Waals surface area contributed by atoms with Crippen molar-refractivity contribution in [3.63, 3.8) is 0 Å². The fraction of sp³-hybridized carbons (Fsp3) is 0.278. The SMILES string of the molecule is COc1ccc(NC(N)=NCCOc2ccc(C(F)(F)F)cc2)cc1OC. The first-order chi connectivity index (χ1) is 12.8. The molecule has 3 N–H and O–H groups in total. The van der Waals surface area contributed by atoms with E-state index in [1.54, 1.807) is 18.2 Å². The van der Waals surface area contributed by atoms with Gasteiger partial charge < -0.3 is 25.3 Å². The summed E-state index contributed by atoms with van der Waals surface area (Å²) in [5.74, 6) is 1.62. The predicted molar refractivity (Wildman–Crippen MR) is 96.6 cm³/mol. The van der Waals surface area contributed by atoms with E-state index in [2.05, 4.69) is 10.3 Å². The Morgan fingerprint density at radius 3 is 2.30 bits per heavy atom. The number of guanidine groups is 1. The number of ether oxygens (including phenoxy) is 3. The van der Waals surface area contributed by atoms with Crippen LogP contribution in [0, 0.1) is 0 Å². The second kappa shape index (κ2) is 9.02. The maximum Gasteiger partial charge on any atom is 0.416 e. The van der Waals surface area contributed by atoms with E-state index in [4.69, 9.17) is 19.9 Å². The molecule has 0 aliphatic carbocycles. The van der Waals surface area contributed by atoms with Crippen LogP contribution in [-0.4, -0.2) is 33.3 Å². The van der Waals surface area contributed by atoms with Crippen LogP contribution < -0.4 is 25.3 Å². The fourth-order valence-electron chi connectivity index (χ4n) is 2.17. The zero-order valence-corrected chi connectivity index (χ0v) is 14.8. The number of hydrogen-bond acceptors (Lipinski definition) is 4. The number of nitrogens with one attached hydrogen (secondary N) is 1. The van der Waals surface area contributed by atoms with Crippen LogP contribution in [0.4, 0.5) is 18.9 Å². The first-order valence-electron chi connectivity index (χ1n) is 7.92. The molecule has 2 rings (SSSR count). The van der Waals surface area contributed by atoms with Gasteiger partial charge in [-0.05, 0) is 36.4 Å². The normalized spacial score (nSPS) is 11.8. The van der Waals surface area contributed by atoms with Crippen molar-refractivity contribution in [3.8, 4) is 17.2 Å². The standard InChI is InChI=1S/C18H20F3N3O3/c1-25-15-8-5-13(11-16(15)26-2)24-17(22)23-9-10-27-14-6-3-12(4-7-14)18(19,20)21/h3-8,11H,9-10H2,1-2H3,(H3,22,23,24). The van der Waals surface area contributed by atoms with E-state index in [1.165, 1.54) is 26.4 Å². The van der Waals surface area contributed by atoms with E-state index in [-0.39, 0.29) is 19.1 Å². The summed E-state index contributed by atoms with van der Waals surface area (Å²) in [5.41, 5.74) is 5.74. The minimum Gasteiger partial charge on any atom is -0.493 e. The molecule has 2 aromatic carbocycles. The highest BCUT2D eigenvalue weighted by atomic mass is 19.4. The van der Waals surface area contributed by atoms with Crippen LogP contribution in [-0.2, 0) is 6.18 Å². The lowest BCUT2D eigenvalue weighted by Crippen LogP contribution is -2.23. The molecule has 0 aliphatic heterocycles. The Bertz CT molecular complexity index is 778. The molecule has 9 heteroatoms. The van der Waals surface area contributed by atoms with Crippen LogP contribution in [0.1, 0.15) is 5.56 Å². The van der Waals surface area contributed by atoms with Crippen LogP contribution in [0.25, 0.3) is 0 Å². The van der Waals surface area contributed by atoms with Crippen LogP contribution in [0.3, 0.4) is 0 Å². The zero-order chi connectivity index (χ0) is 19.9. The van der Waals surface area contributed by atoms with Gasteiger partial charge in [0.15, 0.2) is 17.5 Å². The molecule has 0 aliphatic rings. The van der Waals surface area contributed by atoms with E-state index < -0.39 is 11.7 Å². The number of hydrogen-bond donors (Lipinski definition) is 2. The first-order valence-corrected chi connectivity index (χ1v) is 7.92. The molecule has 0 saturated carbocycles. The first kappa shape index (κ1) is 20.2. The van der Waals surface area contributed by atoms with E-state index in [0.29, 0.717) is 22.9 Å². The molecule has 0 amide bonds. The molecule has 6 nitrogen and oxygen atoms in total. The van der Waals surface area contributed by atoms with Gasteiger partial charge >= 0.3 is 6.18 Å². The highest BCUT2D eigenvalue weighted by Gasteiger charge is 2.29. The Balaban J connectivity index is 1.84. The Labute approximate surface area is 154 Å². The van der Waals surface area contributed by atoms with Gasteiger partial charge in [-0.15, -0.1) is 0 Å². The summed E-state index contributed by atoms with van der Waals surface area (Å²) in [6.07, 6.45) is -4.37. The molecule has 2 aromatic rings. The third-order valence-electron chi connectivity index (χ3n) is 3.48. The van der Waals surface area contributed by atoms with Crippen molar-refractivity contribution >= 4 is 11.6 Å². The van der Waals surface area contributed by atoms with Gasteiger partial charge in [0.05, 0.1) is 26.3 Å². The second-order valence-corrected chi connectivity index (χ2v) is 5.33. The summed E-state index contributed by atoms with van der Waals surface area (Å²) < 4.78 is 53.2. The number of rotatable bonds is 7. The average molecular weight is 383 g/mol. The van der Waals surface area contributed by atoms with Crippen molar-refractivity contribution in [1.29, 1.82) is 0 Å². The summed E-state index contributed by atoms with van der Waals surface area (Å²) >= 11 is 0. The smallest absolute Gasteiger partial charge is 0.416 e. The molecule has 0 heterocycles. The highest BCUT2D eigenvalue weighted by Crippen LogP contribution is 2.30. The van der Waals surface area contributed by atoms with Gasteiger partial charge in [0.25, 0.3) is 0 Å². The second-order valence-electron chi connectivity index (χ2n) is 5.33. The predicted octanol–water partition coefficient (Wildman–Crippen LogP) is 3.53. The summed E-state index contributed by atoms with van der Waals surface area (Å²) in [4.78, 5) is 4.10. The minimum atomic E-state index is -4.37. The number of nitrogens with zero attached hydrogens (tertiary/aromatic N) is 1. The van der Waals surface area contributed by atoms with Crippen molar-refractivity contribution in [2.75, 3.05) is 32.7 Å². The van der Waals surface area contributed by atoms with Gasteiger partial charge in [-0.3, -0.25) is 0 Å². The third kappa shape index (κ3) is 5.98. The molecule has 0 bridgehead atoms.